The molecule has 0 bridgehead atoms. The standard InChI is InChI=1S/C13H16ClFN2O/c1-8-4-3-5-9(2)17(8)13(18)11-6-10(15)7-16-12(11)14/h6-9H,3-5H2,1-2H3. The van der Waals surface area contributed by atoms with Gasteiger partial charge in [0, 0.05) is 12.1 Å². The van der Waals surface area contributed by atoms with Gasteiger partial charge in [-0.15, -0.1) is 0 Å². The molecular formula is C13H16ClFN2O. The van der Waals surface area contributed by atoms with Crippen LogP contribution in [0.2, 0.25) is 5.15 Å². The minimum Gasteiger partial charge on any atom is -0.333 e. The molecule has 18 heavy (non-hydrogen) atoms. The van der Waals surface area contributed by atoms with E-state index < -0.39 is 5.82 Å². The van der Waals surface area contributed by atoms with Crippen molar-refractivity contribution in [2.45, 2.75) is 45.2 Å². The molecule has 0 radical (unpaired) electrons. The molecular weight excluding hydrogens is 255 g/mol. The van der Waals surface area contributed by atoms with Crippen molar-refractivity contribution in [3.63, 3.8) is 0 Å². The third-order valence-electron chi connectivity index (χ3n) is 3.46. The van der Waals surface area contributed by atoms with Gasteiger partial charge < -0.3 is 4.90 Å². The SMILES string of the molecule is CC1CCCC(C)N1C(=O)c1cc(F)cnc1Cl. The Bertz CT molecular complexity index is 456. The van der Waals surface area contributed by atoms with Crippen LogP contribution in [-0.2, 0) is 0 Å². The molecule has 5 heteroatoms. The van der Waals surface area contributed by atoms with Gasteiger partial charge in [-0.25, -0.2) is 9.37 Å². The Hall–Kier alpha value is -1.16. The van der Waals surface area contributed by atoms with Crippen molar-refractivity contribution in [1.29, 1.82) is 0 Å². The van der Waals surface area contributed by atoms with Gasteiger partial charge in [0.25, 0.3) is 5.91 Å². The van der Waals surface area contributed by atoms with Gasteiger partial charge in [-0.2, -0.15) is 0 Å². The summed E-state index contributed by atoms with van der Waals surface area (Å²) in [6, 6.07) is 1.47. The molecule has 0 spiro atoms. The van der Waals surface area contributed by atoms with Crippen LogP contribution in [0.1, 0.15) is 43.5 Å². The molecule has 0 N–H and O–H groups in total. The summed E-state index contributed by atoms with van der Waals surface area (Å²) in [6.45, 7) is 4.02. The molecule has 2 atom stereocenters. The average Bonchev–Trinajstić information content (AvgIpc) is 2.32. The average molecular weight is 271 g/mol. The van der Waals surface area contributed by atoms with Gasteiger partial charge in [0.05, 0.1) is 11.8 Å². The predicted octanol–water partition coefficient (Wildman–Crippen LogP) is 3.28. The lowest BCUT2D eigenvalue weighted by Gasteiger charge is -2.39. The van der Waals surface area contributed by atoms with Crippen LogP contribution in [0, 0.1) is 5.82 Å². The lowest BCUT2D eigenvalue weighted by Crippen LogP contribution is -2.47. The van der Waals surface area contributed by atoms with Crippen LogP contribution in [0.15, 0.2) is 12.3 Å². The Balaban J connectivity index is 2.32. The molecule has 98 valence electrons. The van der Waals surface area contributed by atoms with E-state index in [1.165, 1.54) is 0 Å². The lowest BCUT2D eigenvalue weighted by molar-refractivity contribution is 0.0510. The first-order chi connectivity index (χ1) is 8.50. The van der Waals surface area contributed by atoms with Crippen molar-refractivity contribution in [2.24, 2.45) is 0 Å². The van der Waals surface area contributed by atoms with Crippen LogP contribution in [-0.4, -0.2) is 27.9 Å². The van der Waals surface area contributed by atoms with Crippen molar-refractivity contribution in [3.05, 3.63) is 28.8 Å². The van der Waals surface area contributed by atoms with Gasteiger partial charge in [-0.1, -0.05) is 11.6 Å². The number of rotatable bonds is 1. The highest BCUT2D eigenvalue weighted by molar-refractivity contribution is 6.32. The minimum atomic E-state index is -0.542. The van der Waals surface area contributed by atoms with Crippen LogP contribution in [0.25, 0.3) is 0 Å². The number of carbonyl (C=O) groups is 1. The largest absolute Gasteiger partial charge is 0.333 e. The van der Waals surface area contributed by atoms with E-state index in [0.717, 1.165) is 31.5 Å². The fourth-order valence-electron chi connectivity index (χ4n) is 2.53. The Kier molecular flexibility index (Phi) is 3.85. The third-order valence-corrected chi connectivity index (χ3v) is 3.77. The molecule has 0 saturated carbocycles. The summed E-state index contributed by atoms with van der Waals surface area (Å²) in [5, 5.41) is 0.0615. The van der Waals surface area contributed by atoms with Gasteiger partial charge in [-0.3, -0.25) is 4.79 Å². The van der Waals surface area contributed by atoms with Gasteiger partial charge >= 0.3 is 0 Å². The van der Waals surface area contributed by atoms with Crippen molar-refractivity contribution in [1.82, 2.24) is 9.88 Å². The zero-order valence-corrected chi connectivity index (χ0v) is 11.2. The normalized spacial score (nSPS) is 24.1. The quantitative estimate of drug-likeness (QED) is 0.734. The first-order valence-electron chi connectivity index (χ1n) is 6.14. The molecule has 2 rings (SSSR count). The molecule has 1 aromatic rings. The number of carbonyl (C=O) groups excluding carboxylic acids is 1. The highest BCUT2D eigenvalue weighted by Gasteiger charge is 2.31. The van der Waals surface area contributed by atoms with Crippen LogP contribution >= 0.6 is 11.6 Å². The van der Waals surface area contributed by atoms with E-state index in [1.54, 1.807) is 4.90 Å². The first-order valence-corrected chi connectivity index (χ1v) is 6.52. The number of nitrogens with zero attached hydrogens (tertiary/aromatic N) is 2. The van der Waals surface area contributed by atoms with E-state index in [2.05, 4.69) is 4.98 Å². The third kappa shape index (κ3) is 2.48. The molecule has 2 heterocycles. The molecule has 1 saturated heterocycles. The van der Waals surface area contributed by atoms with Gasteiger partial charge in [-0.05, 0) is 39.2 Å². The molecule has 1 aliphatic rings. The summed E-state index contributed by atoms with van der Waals surface area (Å²) < 4.78 is 13.2. The van der Waals surface area contributed by atoms with Crippen LogP contribution in [0.5, 0.6) is 0 Å². The summed E-state index contributed by atoms with van der Waals surface area (Å²) in [7, 11) is 0. The number of amides is 1. The number of pyridine rings is 1. The maximum atomic E-state index is 13.2. The van der Waals surface area contributed by atoms with E-state index >= 15 is 0 Å². The van der Waals surface area contributed by atoms with Crippen LogP contribution in [0.4, 0.5) is 4.39 Å². The molecule has 0 aliphatic carbocycles. The summed E-state index contributed by atoms with van der Waals surface area (Å²) >= 11 is 5.88. The minimum absolute atomic E-state index is 0.0615. The van der Waals surface area contributed by atoms with Gasteiger partial charge in [0.15, 0.2) is 0 Å². The summed E-state index contributed by atoms with van der Waals surface area (Å²) in [5.41, 5.74) is 0.150. The summed E-state index contributed by atoms with van der Waals surface area (Å²) in [6.07, 6.45) is 4.07. The zero-order chi connectivity index (χ0) is 13.3. The van der Waals surface area contributed by atoms with Crippen molar-refractivity contribution < 1.29 is 9.18 Å². The lowest BCUT2D eigenvalue weighted by atomic mass is 9.96. The Morgan fingerprint density at radius 3 is 2.67 bits per heavy atom. The number of piperidine rings is 1. The zero-order valence-electron chi connectivity index (χ0n) is 10.5. The van der Waals surface area contributed by atoms with Crippen LogP contribution < -0.4 is 0 Å². The first kappa shape index (κ1) is 13.3. The molecule has 1 fully saturated rings. The Morgan fingerprint density at radius 2 is 2.06 bits per heavy atom. The fraction of sp³-hybridized carbons (Fsp3) is 0.538. The number of likely N-dealkylation sites (tertiary alicyclic amines) is 1. The monoisotopic (exact) mass is 270 g/mol. The van der Waals surface area contributed by atoms with E-state index in [-0.39, 0.29) is 28.7 Å². The number of aromatic nitrogens is 1. The molecule has 0 aromatic carbocycles. The van der Waals surface area contributed by atoms with Gasteiger partial charge in [0.2, 0.25) is 0 Å². The van der Waals surface area contributed by atoms with Gasteiger partial charge in [0.1, 0.15) is 11.0 Å². The summed E-state index contributed by atoms with van der Waals surface area (Å²) in [4.78, 5) is 17.9. The topological polar surface area (TPSA) is 33.2 Å². The second-order valence-corrected chi connectivity index (χ2v) is 5.19. The van der Waals surface area contributed by atoms with Crippen molar-refractivity contribution in [3.8, 4) is 0 Å². The Labute approximate surface area is 111 Å². The fourth-order valence-corrected chi connectivity index (χ4v) is 2.72. The highest BCUT2D eigenvalue weighted by atomic mass is 35.5. The smallest absolute Gasteiger partial charge is 0.257 e. The second-order valence-electron chi connectivity index (χ2n) is 4.83. The number of halogens is 2. The predicted molar refractivity (Wildman–Crippen MR) is 68.1 cm³/mol. The number of hydrogen-bond acceptors (Lipinski definition) is 2. The van der Waals surface area contributed by atoms with E-state index in [1.807, 2.05) is 13.8 Å². The molecule has 1 aromatic heterocycles. The second kappa shape index (κ2) is 5.22. The van der Waals surface area contributed by atoms with E-state index in [9.17, 15) is 9.18 Å². The molecule has 3 nitrogen and oxygen atoms in total. The molecule has 2 unspecified atom stereocenters. The highest BCUT2D eigenvalue weighted by Crippen LogP contribution is 2.26. The maximum absolute atomic E-state index is 13.2. The van der Waals surface area contributed by atoms with E-state index in [4.69, 9.17) is 11.6 Å². The summed E-state index contributed by atoms with van der Waals surface area (Å²) in [5.74, 6) is -0.772. The molecule has 1 aliphatic heterocycles. The van der Waals surface area contributed by atoms with E-state index in [0.29, 0.717) is 0 Å². The maximum Gasteiger partial charge on any atom is 0.257 e. The number of hydrogen-bond donors (Lipinski definition) is 0. The van der Waals surface area contributed by atoms with Crippen molar-refractivity contribution >= 4 is 17.5 Å². The Morgan fingerprint density at radius 1 is 1.44 bits per heavy atom. The van der Waals surface area contributed by atoms with Crippen LogP contribution in [0.3, 0.4) is 0 Å². The molecule has 1 amide bonds. The van der Waals surface area contributed by atoms with Crippen molar-refractivity contribution in [2.75, 3.05) is 0 Å².